The van der Waals surface area contributed by atoms with Gasteiger partial charge in [-0.05, 0) is 0 Å². The van der Waals surface area contributed by atoms with E-state index < -0.39 is 0 Å². The van der Waals surface area contributed by atoms with Gasteiger partial charge in [0.2, 0.25) is 0 Å². The van der Waals surface area contributed by atoms with E-state index in [1.54, 1.807) is 0 Å². The van der Waals surface area contributed by atoms with Crippen molar-refractivity contribution >= 4 is 28.4 Å². The van der Waals surface area contributed by atoms with E-state index in [-0.39, 0.29) is 61.9 Å². The largest absolute Gasteiger partial charge is 0 e. The van der Waals surface area contributed by atoms with Crippen LogP contribution >= 0.6 is 0 Å². The molecule has 5 heavy (non-hydrogen) atoms. The first-order chi connectivity index (χ1) is 1.00. The molecule has 0 heterocycles. The van der Waals surface area contributed by atoms with E-state index in [1.807, 2.05) is 0 Å². The molecule has 0 saturated heterocycles. The second kappa shape index (κ2) is 27.7. The van der Waals surface area contributed by atoms with Crippen molar-refractivity contribution in [1.29, 1.82) is 0 Å². The Bertz CT molecular complexity index is 7.61. The molecule has 32 valence electrons. The second-order valence-electron chi connectivity index (χ2n) is 0. The van der Waals surface area contributed by atoms with E-state index in [0.29, 0.717) is 0 Å². The molecule has 0 rings (SSSR count). The molecule has 0 aliphatic heterocycles. The van der Waals surface area contributed by atoms with Crippen molar-refractivity contribution in [3.63, 3.8) is 0 Å². The van der Waals surface area contributed by atoms with Crippen LogP contribution in [0.4, 0.5) is 0 Å². The molecule has 0 spiro atoms. The SMILES string of the molecule is [Re].[Re].[Se][Se].[W]. The fourth-order valence-corrected chi connectivity index (χ4v) is 0. The zero-order chi connectivity index (χ0) is 2.00. The molecule has 0 amide bonds. The topological polar surface area (TPSA) is 0 Å². The van der Waals surface area contributed by atoms with Gasteiger partial charge in [0.05, 0.1) is 0 Å². The second-order valence-corrected chi connectivity index (χ2v) is 0. The van der Waals surface area contributed by atoms with Crippen LogP contribution in [-0.2, 0) is 61.9 Å². The summed E-state index contributed by atoms with van der Waals surface area (Å²) in [6.45, 7) is 0. The Hall–Kier alpha value is 3.05. The summed E-state index contributed by atoms with van der Waals surface area (Å²) < 4.78 is 0. The predicted molar refractivity (Wildman–Crippen MR) is 11.5 cm³/mol. The Morgan fingerprint density at radius 3 is 0.800 bits per heavy atom. The van der Waals surface area contributed by atoms with Crippen molar-refractivity contribution in [2.75, 3.05) is 0 Å². The molecule has 0 aromatic rings. The van der Waals surface area contributed by atoms with Crippen molar-refractivity contribution in [3.05, 3.63) is 0 Å². The van der Waals surface area contributed by atoms with E-state index in [1.165, 1.54) is 0 Å². The average molecular weight is 714 g/mol. The summed E-state index contributed by atoms with van der Waals surface area (Å²) >= 11 is 5.00. The van der Waals surface area contributed by atoms with Gasteiger partial charge in [0.15, 0.2) is 0 Å². The average Bonchev–Trinajstić information content (AvgIpc) is 1.00. The fraction of sp³-hybridized carbons (Fsp3) is 0. The maximum Gasteiger partial charge on any atom is 0 e. The molecule has 0 atom stereocenters. The van der Waals surface area contributed by atoms with Crippen LogP contribution in [-0.4, -0.2) is 28.4 Å². The van der Waals surface area contributed by atoms with Gasteiger partial charge >= 0.3 is 28.4 Å². The minimum Gasteiger partial charge on any atom is 0 e. The monoisotopic (exact) mass is 718 g/mol. The Morgan fingerprint density at radius 2 is 0.800 bits per heavy atom. The summed E-state index contributed by atoms with van der Waals surface area (Å²) in [5.41, 5.74) is 0. The third kappa shape index (κ3) is 19.3. The molecule has 0 N–H and O–H groups in total. The Kier molecular flexibility index (Phi) is 135. The number of hydrogen-bond donors (Lipinski definition) is 0. The first kappa shape index (κ1) is 24.4. The van der Waals surface area contributed by atoms with Crippen LogP contribution in [0.2, 0.25) is 0 Å². The van der Waals surface area contributed by atoms with Gasteiger partial charge < -0.3 is 0 Å². The maximum absolute atomic E-state index is 2.50. The van der Waals surface area contributed by atoms with Crippen molar-refractivity contribution in [2.45, 2.75) is 0 Å². The van der Waals surface area contributed by atoms with E-state index in [2.05, 4.69) is 28.4 Å². The van der Waals surface area contributed by atoms with Crippen LogP contribution in [0.25, 0.3) is 0 Å². The summed E-state index contributed by atoms with van der Waals surface area (Å²) in [5, 5.41) is 0. The first-order valence-electron chi connectivity index (χ1n) is 0.167. The summed E-state index contributed by atoms with van der Waals surface area (Å²) in [5.74, 6) is 0. The van der Waals surface area contributed by atoms with Crippen LogP contribution in [0, 0.1) is 0 Å². The van der Waals surface area contributed by atoms with Crippen molar-refractivity contribution in [2.24, 2.45) is 0 Å². The molecule has 0 aromatic carbocycles. The van der Waals surface area contributed by atoms with Gasteiger partial charge in [0.25, 0.3) is 0 Å². The van der Waals surface area contributed by atoms with Gasteiger partial charge in [-0.2, -0.15) is 0 Å². The minimum absolute atomic E-state index is 0. The van der Waals surface area contributed by atoms with E-state index in [4.69, 9.17) is 0 Å². The third-order valence-electron chi connectivity index (χ3n) is 0. The summed E-state index contributed by atoms with van der Waals surface area (Å²) in [6, 6.07) is 0. The van der Waals surface area contributed by atoms with Gasteiger partial charge in [0.1, 0.15) is 0 Å². The minimum atomic E-state index is 0. The van der Waals surface area contributed by atoms with Gasteiger partial charge in [-0.1, -0.05) is 0 Å². The standard InChI is InChI=1S/2Re.Se2.W/c;;1-2;. The molecule has 0 bridgehead atoms. The molecule has 0 unspecified atom stereocenters. The fourth-order valence-electron chi connectivity index (χ4n) is 0. The van der Waals surface area contributed by atoms with Gasteiger partial charge in [-0.25, -0.2) is 0 Å². The number of rotatable bonds is 0. The quantitative estimate of drug-likeness (QED) is 0.290. The van der Waals surface area contributed by atoms with Crippen LogP contribution in [0.1, 0.15) is 0 Å². The van der Waals surface area contributed by atoms with Crippen molar-refractivity contribution < 1.29 is 61.9 Å². The van der Waals surface area contributed by atoms with E-state index in [9.17, 15) is 0 Å². The van der Waals surface area contributed by atoms with Gasteiger partial charge in [0, 0.05) is 61.9 Å². The van der Waals surface area contributed by atoms with Crippen molar-refractivity contribution in [3.8, 4) is 0 Å². The zero-order valence-corrected chi connectivity index (χ0v) is 13.8. The summed E-state index contributed by atoms with van der Waals surface area (Å²) in [6.07, 6.45) is 0. The zero-order valence-electron chi connectivity index (χ0n) is 1.98. The van der Waals surface area contributed by atoms with E-state index >= 15 is 0 Å². The number of hydrogen-bond acceptors (Lipinski definition) is 0. The predicted octanol–water partition coefficient (Wildman–Crippen LogP) is -0.769. The van der Waals surface area contributed by atoms with Crippen LogP contribution in [0.5, 0.6) is 0 Å². The van der Waals surface area contributed by atoms with Crippen LogP contribution in [0.3, 0.4) is 0 Å². The van der Waals surface area contributed by atoms with Gasteiger partial charge in [-0.3, -0.25) is 0 Å². The summed E-state index contributed by atoms with van der Waals surface area (Å²) in [7, 11) is 0. The molecule has 0 aliphatic carbocycles. The molecule has 0 saturated carbocycles. The molecule has 0 aliphatic rings. The molecule has 5 heteroatoms. The first-order valence-corrected chi connectivity index (χ1v) is 4.50. The Labute approximate surface area is 88.7 Å². The normalized spacial score (nSPS) is 1.20. The Balaban J connectivity index is -0.00000000167. The van der Waals surface area contributed by atoms with Gasteiger partial charge in [-0.15, -0.1) is 0 Å². The molecule has 0 aromatic heterocycles. The smallest absolute Gasteiger partial charge is 0 e. The van der Waals surface area contributed by atoms with Crippen molar-refractivity contribution in [1.82, 2.24) is 0 Å². The third-order valence-corrected chi connectivity index (χ3v) is 0. The van der Waals surface area contributed by atoms with Crippen LogP contribution < -0.4 is 0 Å². The molecule has 0 nitrogen and oxygen atoms in total. The molecular formula is Re2Se2W. The maximum atomic E-state index is 2.50. The molecule has 4 radical (unpaired) electrons. The molecular weight excluding hydrogens is 714 g/mol. The Morgan fingerprint density at radius 1 is 0.800 bits per heavy atom. The summed E-state index contributed by atoms with van der Waals surface area (Å²) in [4.78, 5) is 0. The molecule has 0 fully saturated rings. The van der Waals surface area contributed by atoms with E-state index in [0.717, 1.165) is 0 Å². The van der Waals surface area contributed by atoms with Crippen LogP contribution in [0.15, 0.2) is 0 Å².